The number of carbonyl (C=O) groups excluding carboxylic acids is 2. The molecule has 0 aliphatic carbocycles. The van der Waals surface area contributed by atoms with Gasteiger partial charge in [0.1, 0.15) is 6.10 Å². The van der Waals surface area contributed by atoms with Gasteiger partial charge in [0, 0.05) is 6.42 Å². The van der Waals surface area contributed by atoms with E-state index in [0.717, 1.165) is 0 Å². The van der Waals surface area contributed by atoms with Gasteiger partial charge in [0.25, 0.3) is 0 Å². The zero-order valence-electron chi connectivity index (χ0n) is 13.8. The average Bonchev–Trinajstić information content (AvgIpc) is 2.58. The lowest BCUT2D eigenvalue weighted by Gasteiger charge is -2.21. The molecule has 5 unspecified atom stereocenters. The fourth-order valence-electron chi connectivity index (χ4n) is 1.72. The molecule has 0 rings (SSSR count). The molecule has 0 aromatic carbocycles. The summed E-state index contributed by atoms with van der Waals surface area (Å²) in [7, 11) is 0. The summed E-state index contributed by atoms with van der Waals surface area (Å²) in [5.41, 5.74) is 0. The number of aliphatic hydroxyl groups excluding tert-OH is 4. The van der Waals surface area contributed by atoms with Crippen molar-refractivity contribution in [3.63, 3.8) is 0 Å². The fraction of sp³-hybridized carbons (Fsp3) is 0.714. The Hall–Kier alpha value is -2.28. The van der Waals surface area contributed by atoms with E-state index in [0.29, 0.717) is 6.42 Å². The smallest absolute Gasteiger partial charge is 0.338 e. The number of carbonyl (C=O) groups is 4. The molecule has 0 aliphatic rings. The normalized spacial score (nSPS) is 16.7. The van der Waals surface area contributed by atoms with E-state index in [9.17, 15) is 29.4 Å². The number of ether oxygens (including phenoxy) is 2. The quantitative estimate of drug-likeness (QED) is 0.190. The van der Waals surface area contributed by atoms with Crippen LogP contribution in [0.25, 0.3) is 0 Å². The second-order valence-electron chi connectivity index (χ2n) is 5.26. The highest BCUT2D eigenvalue weighted by Crippen LogP contribution is 2.11. The minimum Gasteiger partial charge on any atom is -0.479 e. The van der Waals surface area contributed by atoms with E-state index < -0.39 is 61.0 Å². The second-order valence-corrected chi connectivity index (χ2v) is 5.26. The maximum Gasteiger partial charge on any atom is 0.338 e. The van der Waals surface area contributed by atoms with Crippen LogP contribution in [0, 0.1) is 0 Å². The molecule has 0 heterocycles. The Kier molecular flexibility index (Phi) is 10.4. The Morgan fingerprint density at radius 2 is 1.23 bits per heavy atom. The molecule has 12 nitrogen and oxygen atoms in total. The third kappa shape index (κ3) is 7.74. The lowest BCUT2D eigenvalue weighted by Crippen LogP contribution is -2.42. The van der Waals surface area contributed by atoms with Gasteiger partial charge in [0.2, 0.25) is 0 Å². The van der Waals surface area contributed by atoms with Gasteiger partial charge in [0.15, 0.2) is 24.4 Å². The van der Waals surface area contributed by atoms with Crippen LogP contribution in [-0.4, -0.2) is 91.6 Å². The number of rotatable bonds is 12. The van der Waals surface area contributed by atoms with Crippen molar-refractivity contribution in [3.8, 4) is 0 Å². The van der Waals surface area contributed by atoms with E-state index >= 15 is 0 Å². The van der Waals surface area contributed by atoms with Gasteiger partial charge >= 0.3 is 23.9 Å². The number of aliphatic hydroxyl groups is 4. The highest BCUT2D eigenvalue weighted by molar-refractivity contribution is 5.84. The van der Waals surface area contributed by atoms with Crippen LogP contribution in [0.5, 0.6) is 0 Å². The number of carboxylic acid groups (broad SMARTS) is 2. The Labute approximate surface area is 147 Å². The average molecular weight is 382 g/mol. The van der Waals surface area contributed by atoms with Gasteiger partial charge in [-0.25, -0.2) is 19.2 Å². The van der Waals surface area contributed by atoms with E-state index in [2.05, 4.69) is 4.74 Å². The van der Waals surface area contributed by atoms with Crippen LogP contribution in [0.1, 0.15) is 26.2 Å². The Bertz CT molecular complexity index is 504. The molecule has 0 fully saturated rings. The molecule has 0 aromatic rings. The van der Waals surface area contributed by atoms with Crippen molar-refractivity contribution in [3.05, 3.63) is 0 Å². The van der Waals surface area contributed by atoms with Gasteiger partial charge in [-0.3, -0.25) is 0 Å². The SMILES string of the molecule is CCCC(CCOC(=O)C(O)C(O)C(=O)O)OC(=O)C(O)C(O)C(=O)O. The monoisotopic (exact) mass is 382 g/mol. The minimum atomic E-state index is -2.37. The van der Waals surface area contributed by atoms with E-state index in [4.69, 9.17) is 25.2 Å². The Morgan fingerprint density at radius 3 is 1.65 bits per heavy atom. The van der Waals surface area contributed by atoms with Crippen molar-refractivity contribution >= 4 is 23.9 Å². The first-order valence-electron chi connectivity index (χ1n) is 7.57. The van der Waals surface area contributed by atoms with E-state index in [1.165, 1.54) is 0 Å². The highest BCUT2D eigenvalue weighted by atomic mass is 16.6. The van der Waals surface area contributed by atoms with E-state index in [-0.39, 0.29) is 12.8 Å². The summed E-state index contributed by atoms with van der Waals surface area (Å²) in [5, 5.41) is 53.7. The predicted octanol–water partition coefficient (Wildman–Crippen LogP) is -2.76. The number of carboxylic acids is 2. The Morgan fingerprint density at radius 1 is 0.769 bits per heavy atom. The third-order valence-electron chi connectivity index (χ3n) is 3.16. The number of hydrogen-bond acceptors (Lipinski definition) is 10. The zero-order valence-corrected chi connectivity index (χ0v) is 13.8. The van der Waals surface area contributed by atoms with Crippen LogP contribution in [0.2, 0.25) is 0 Å². The summed E-state index contributed by atoms with van der Waals surface area (Å²) in [6.07, 6.45) is -9.60. The largest absolute Gasteiger partial charge is 0.479 e. The second kappa shape index (κ2) is 11.4. The highest BCUT2D eigenvalue weighted by Gasteiger charge is 2.33. The van der Waals surface area contributed by atoms with Crippen LogP contribution in [-0.2, 0) is 28.7 Å². The standard InChI is InChI=1S/C14H22O12/c1-2-3-6(26-14(24)10(18)8(16)12(21)22)4-5-25-13(23)9(17)7(15)11(19)20/h6-10,15-18H,2-5H2,1H3,(H,19,20)(H,21,22). The van der Waals surface area contributed by atoms with Gasteiger partial charge in [0.05, 0.1) is 6.61 Å². The van der Waals surface area contributed by atoms with Gasteiger partial charge < -0.3 is 40.1 Å². The Balaban J connectivity index is 4.56. The van der Waals surface area contributed by atoms with Crippen LogP contribution >= 0.6 is 0 Å². The van der Waals surface area contributed by atoms with Crippen molar-refractivity contribution in [2.75, 3.05) is 6.61 Å². The van der Waals surface area contributed by atoms with Crippen molar-refractivity contribution in [1.82, 2.24) is 0 Å². The van der Waals surface area contributed by atoms with Crippen molar-refractivity contribution in [2.24, 2.45) is 0 Å². The maximum atomic E-state index is 11.6. The van der Waals surface area contributed by atoms with E-state index in [1.807, 2.05) is 0 Å². The molecule has 12 heteroatoms. The number of hydrogen-bond donors (Lipinski definition) is 6. The summed E-state index contributed by atoms with van der Waals surface area (Å²) >= 11 is 0. The zero-order chi connectivity index (χ0) is 20.4. The molecule has 0 amide bonds. The maximum absolute atomic E-state index is 11.6. The summed E-state index contributed by atoms with van der Waals surface area (Å²) in [6, 6.07) is 0. The molecular formula is C14H22O12. The lowest BCUT2D eigenvalue weighted by molar-refractivity contribution is -0.176. The summed E-state index contributed by atoms with van der Waals surface area (Å²) in [6.45, 7) is 1.31. The predicted molar refractivity (Wildman–Crippen MR) is 79.7 cm³/mol. The van der Waals surface area contributed by atoms with Gasteiger partial charge in [-0.05, 0) is 6.42 Å². The molecule has 26 heavy (non-hydrogen) atoms. The third-order valence-corrected chi connectivity index (χ3v) is 3.16. The fourth-order valence-corrected chi connectivity index (χ4v) is 1.72. The molecule has 0 bridgehead atoms. The van der Waals surface area contributed by atoms with Crippen LogP contribution in [0.15, 0.2) is 0 Å². The van der Waals surface area contributed by atoms with Gasteiger partial charge in [-0.2, -0.15) is 0 Å². The van der Waals surface area contributed by atoms with Crippen molar-refractivity contribution in [2.45, 2.75) is 56.7 Å². The molecule has 0 radical (unpaired) electrons. The molecule has 0 aliphatic heterocycles. The summed E-state index contributed by atoms with van der Waals surface area (Å²) in [4.78, 5) is 43.9. The van der Waals surface area contributed by atoms with Crippen LogP contribution in [0.4, 0.5) is 0 Å². The molecule has 0 saturated carbocycles. The van der Waals surface area contributed by atoms with E-state index in [1.54, 1.807) is 6.92 Å². The topological polar surface area (TPSA) is 208 Å². The number of esters is 2. The molecule has 5 atom stereocenters. The van der Waals surface area contributed by atoms with Crippen molar-refractivity contribution in [1.29, 1.82) is 0 Å². The molecule has 0 aromatic heterocycles. The first-order chi connectivity index (χ1) is 12.0. The first-order valence-corrected chi connectivity index (χ1v) is 7.57. The van der Waals surface area contributed by atoms with Crippen LogP contribution < -0.4 is 0 Å². The van der Waals surface area contributed by atoms with Gasteiger partial charge in [-0.1, -0.05) is 13.3 Å². The summed E-state index contributed by atoms with van der Waals surface area (Å²) < 4.78 is 9.41. The molecular weight excluding hydrogens is 360 g/mol. The number of aliphatic carboxylic acids is 2. The molecule has 150 valence electrons. The molecule has 0 saturated heterocycles. The minimum absolute atomic E-state index is 0.114. The molecule has 0 spiro atoms. The van der Waals surface area contributed by atoms with Crippen LogP contribution in [0.3, 0.4) is 0 Å². The summed E-state index contributed by atoms with van der Waals surface area (Å²) in [5.74, 6) is -6.42. The van der Waals surface area contributed by atoms with Gasteiger partial charge in [-0.15, -0.1) is 0 Å². The molecule has 6 N–H and O–H groups in total. The lowest BCUT2D eigenvalue weighted by atomic mass is 10.1. The first kappa shape index (κ1) is 23.7. The van der Waals surface area contributed by atoms with Crippen molar-refractivity contribution < 1.29 is 59.3 Å².